The number of hydrogen-bond donors (Lipinski definition) is 1. The molecule has 0 spiro atoms. The second-order valence-corrected chi connectivity index (χ2v) is 2.25. The fourth-order valence-electron chi connectivity index (χ4n) is 0.802. The Morgan fingerprint density at radius 1 is 1.46 bits per heavy atom. The molecule has 1 rings (SSSR count). The predicted octanol–water partition coefficient (Wildman–Crippen LogP) is 0.783. The first-order valence-corrected chi connectivity index (χ1v) is 3.77. The van der Waals surface area contributed by atoms with E-state index in [0.29, 0.717) is 24.5 Å². The highest BCUT2D eigenvalue weighted by Gasteiger charge is 2.01. The molecule has 1 aromatic heterocycles. The maximum absolute atomic E-state index is 8.64. The van der Waals surface area contributed by atoms with E-state index in [9.17, 15) is 0 Å². The van der Waals surface area contributed by atoms with Gasteiger partial charge < -0.3 is 5.32 Å². The molecule has 0 unspecified atom stereocenters. The van der Waals surface area contributed by atoms with Gasteiger partial charge >= 0.3 is 0 Å². The second kappa shape index (κ2) is 4.74. The molecule has 0 bridgehead atoms. The van der Waals surface area contributed by atoms with Crippen LogP contribution in [0.4, 0.5) is 5.82 Å². The van der Waals surface area contributed by atoms with Crippen molar-refractivity contribution in [2.45, 2.75) is 6.42 Å². The molecule has 0 saturated heterocycles. The standard InChI is InChI=1S/C9H8N4/c1-2-3-4-12-9-8(7-10)11-5-6-13-9/h1,5-6H,3-4H2,(H,12,13). The topological polar surface area (TPSA) is 61.6 Å². The van der Waals surface area contributed by atoms with Gasteiger partial charge in [-0.1, -0.05) is 0 Å². The summed E-state index contributed by atoms with van der Waals surface area (Å²) in [5.74, 6) is 2.97. The van der Waals surface area contributed by atoms with E-state index in [1.165, 1.54) is 12.4 Å². The monoisotopic (exact) mass is 172 g/mol. The van der Waals surface area contributed by atoms with Crippen molar-refractivity contribution in [3.05, 3.63) is 18.1 Å². The number of aromatic nitrogens is 2. The lowest BCUT2D eigenvalue weighted by Gasteiger charge is -2.02. The van der Waals surface area contributed by atoms with E-state index in [1.807, 2.05) is 6.07 Å². The molecule has 0 aliphatic carbocycles. The highest BCUT2D eigenvalue weighted by atomic mass is 15.0. The molecule has 0 aliphatic heterocycles. The van der Waals surface area contributed by atoms with Crippen molar-refractivity contribution >= 4 is 5.82 Å². The Balaban J connectivity index is 2.67. The first-order chi connectivity index (χ1) is 6.38. The van der Waals surface area contributed by atoms with Crippen molar-refractivity contribution < 1.29 is 0 Å². The number of nitrogens with one attached hydrogen (secondary N) is 1. The zero-order chi connectivity index (χ0) is 9.52. The zero-order valence-corrected chi connectivity index (χ0v) is 6.99. The molecule has 1 heterocycles. The highest BCUT2D eigenvalue weighted by Crippen LogP contribution is 2.05. The van der Waals surface area contributed by atoms with Crippen LogP contribution in [0.2, 0.25) is 0 Å². The van der Waals surface area contributed by atoms with Crippen molar-refractivity contribution in [2.24, 2.45) is 0 Å². The van der Waals surface area contributed by atoms with Gasteiger partial charge in [0.05, 0.1) is 0 Å². The highest BCUT2D eigenvalue weighted by molar-refractivity contribution is 5.46. The van der Waals surface area contributed by atoms with Crippen LogP contribution < -0.4 is 5.32 Å². The maximum Gasteiger partial charge on any atom is 0.182 e. The van der Waals surface area contributed by atoms with Gasteiger partial charge in [-0.25, -0.2) is 9.97 Å². The predicted molar refractivity (Wildman–Crippen MR) is 48.7 cm³/mol. The summed E-state index contributed by atoms with van der Waals surface area (Å²) in [6.45, 7) is 0.601. The van der Waals surface area contributed by atoms with Crippen molar-refractivity contribution in [1.29, 1.82) is 5.26 Å². The minimum atomic E-state index is 0.291. The Bertz CT molecular complexity index is 359. The molecule has 0 fully saturated rings. The van der Waals surface area contributed by atoms with Crippen LogP contribution in [-0.4, -0.2) is 16.5 Å². The molecular formula is C9H8N4. The number of anilines is 1. The largest absolute Gasteiger partial charge is 0.367 e. The van der Waals surface area contributed by atoms with Crippen LogP contribution in [-0.2, 0) is 0 Å². The molecule has 1 N–H and O–H groups in total. The average Bonchev–Trinajstić information content (AvgIpc) is 2.19. The zero-order valence-electron chi connectivity index (χ0n) is 6.99. The Labute approximate surface area is 76.6 Å². The number of terminal acetylenes is 1. The summed E-state index contributed by atoms with van der Waals surface area (Å²) in [5.41, 5.74) is 0.291. The molecule has 13 heavy (non-hydrogen) atoms. The molecule has 0 aromatic carbocycles. The lowest BCUT2D eigenvalue weighted by Crippen LogP contribution is -2.05. The molecule has 0 aliphatic rings. The lowest BCUT2D eigenvalue weighted by molar-refractivity contribution is 1.05. The third kappa shape index (κ3) is 2.46. The van der Waals surface area contributed by atoms with Gasteiger partial charge in [0.2, 0.25) is 0 Å². The Kier molecular flexibility index (Phi) is 3.29. The van der Waals surface area contributed by atoms with Crippen molar-refractivity contribution in [3.8, 4) is 18.4 Å². The van der Waals surface area contributed by atoms with E-state index in [1.54, 1.807) is 0 Å². The minimum absolute atomic E-state index is 0.291. The van der Waals surface area contributed by atoms with Gasteiger partial charge in [-0.15, -0.1) is 12.3 Å². The van der Waals surface area contributed by atoms with Gasteiger partial charge in [0, 0.05) is 25.4 Å². The molecule has 0 amide bonds. The Hall–Kier alpha value is -2.07. The fraction of sp³-hybridized carbons (Fsp3) is 0.222. The molecule has 0 radical (unpaired) electrons. The molecular weight excluding hydrogens is 164 g/mol. The molecule has 0 saturated carbocycles. The SMILES string of the molecule is C#CCCNc1nccnc1C#N. The molecule has 4 heteroatoms. The van der Waals surface area contributed by atoms with E-state index >= 15 is 0 Å². The van der Waals surface area contributed by atoms with Crippen LogP contribution >= 0.6 is 0 Å². The van der Waals surface area contributed by atoms with Crippen LogP contribution in [0.5, 0.6) is 0 Å². The molecule has 64 valence electrons. The van der Waals surface area contributed by atoms with Crippen LogP contribution in [0.3, 0.4) is 0 Å². The van der Waals surface area contributed by atoms with Gasteiger partial charge in [0.15, 0.2) is 11.5 Å². The van der Waals surface area contributed by atoms with E-state index in [4.69, 9.17) is 11.7 Å². The normalized spacial score (nSPS) is 8.46. The van der Waals surface area contributed by atoms with Crippen molar-refractivity contribution in [3.63, 3.8) is 0 Å². The van der Waals surface area contributed by atoms with Crippen LogP contribution in [0.15, 0.2) is 12.4 Å². The Morgan fingerprint density at radius 2 is 2.23 bits per heavy atom. The summed E-state index contributed by atoms with van der Waals surface area (Å²) in [6, 6.07) is 1.93. The number of hydrogen-bond acceptors (Lipinski definition) is 4. The summed E-state index contributed by atoms with van der Waals surface area (Å²) >= 11 is 0. The smallest absolute Gasteiger partial charge is 0.182 e. The quantitative estimate of drug-likeness (QED) is 0.540. The molecule has 4 nitrogen and oxygen atoms in total. The number of nitrogens with zero attached hydrogens (tertiary/aromatic N) is 3. The molecule has 0 atom stereocenters. The fourth-order valence-corrected chi connectivity index (χ4v) is 0.802. The average molecular weight is 172 g/mol. The third-order valence-corrected chi connectivity index (χ3v) is 1.37. The Morgan fingerprint density at radius 3 is 2.92 bits per heavy atom. The number of nitriles is 1. The summed E-state index contributed by atoms with van der Waals surface area (Å²) in [5, 5.41) is 11.6. The maximum atomic E-state index is 8.64. The molecule has 1 aromatic rings. The van der Waals surface area contributed by atoms with Crippen molar-refractivity contribution in [2.75, 3.05) is 11.9 Å². The summed E-state index contributed by atoms with van der Waals surface area (Å²) in [4.78, 5) is 7.79. The van der Waals surface area contributed by atoms with Gasteiger partial charge in [-0.05, 0) is 0 Å². The van der Waals surface area contributed by atoms with E-state index < -0.39 is 0 Å². The van der Waals surface area contributed by atoms with E-state index in [0.717, 1.165) is 0 Å². The first-order valence-electron chi connectivity index (χ1n) is 3.77. The summed E-state index contributed by atoms with van der Waals surface area (Å²) in [6.07, 6.45) is 8.67. The van der Waals surface area contributed by atoms with Gasteiger partial charge in [0.25, 0.3) is 0 Å². The summed E-state index contributed by atoms with van der Waals surface area (Å²) in [7, 11) is 0. The second-order valence-electron chi connectivity index (χ2n) is 2.25. The van der Waals surface area contributed by atoms with E-state index in [2.05, 4.69) is 21.2 Å². The van der Waals surface area contributed by atoms with Crippen LogP contribution in [0, 0.1) is 23.7 Å². The third-order valence-electron chi connectivity index (χ3n) is 1.37. The van der Waals surface area contributed by atoms with Crippen molar-refractivity contribution in [1.82, 2.24) is 9.97 Å². The number of rotatable bonds is 3. The van der Waals surface area contributed by atoms with Crippen LogP contribution in [0.25, 0.3) is 0 Å². The van der Waals surface area contributed by atoms with Gasteiger partial charge in [-0.2, -0.15) is 5.26 Å². The first kappa shape index (κ1) is 9.02. The van der Waals surface area contributed by atoms with Gasteiger partial charge in [0.1, 0.15) is 6.07 Å². The van der Waals surface area contributed by atoms with E-state index in [-0.39, 0.29) is 0 Å². The minimum Gasteiger partial charge on any atom is -0.367 e. The van der Waals surface area contributed by atoms with Crippen LogP contribution in [0.1, 0.15) is 12.1 Å². The summed E-state index contributed by atoms with van der Waals surface area (Å²) < 4.78 is 0. The lowest BCUT2D eigenvalue weighted by atomic mass is 10.4. The van der Waals surface area contributed by atoms with Gasteiger partial charge in [-0.3, -0.25) is 0 Å².